The third-order valence-electron chi connectivity index (χ3n) is 4.19. The van der Waals surface area contributed by atoms with Crippen LogP contribution in [0.1, 0.15) is 28.9 Å². The van der Waals surface area contributed by atoms with Crippen LogP contribution in [0.15, 0.2) is 36.4 Å². The number of nitrogens with zero attached hydrogens (tertiary/aromatic N) is 1. The van der Waals surface area contributed by atoms with Crippen LogP contribution in [0.25, 0.3) is 0 Å². The molecule has 0 radical (unpaired) electrons. The normalized spacial score (nSPS) is 16.9. The standard InChI is InChI=1S/C19H17Cl2FN2O3/c1-11(25)23-13-4-2-12(3-5-13)19(26)24-6-7-27-18(10-24)14-8-17(22)16(21)9-15(14)20/h2-5,8-9,18H,6-7,10H2,1H3,(H,23,25). The summed E-state index contributed by atoms with van der Waals surface area (Å²) >= 11 is 11.9. The number of nitrogens with one attached hydrogen (secondary N) is 1. The van der Waals surface area contributed by atoms with Crippen LogP contribution in [-0.2, 0) is 9.53 Å². The van der Waals surface area contributed by atoms with E-state index in [0.29, 0.717) is 35.0 Å². The smallest absolute Gasteiger partial charge is 0.254 e. The summed E-state index contributed by atoms with van der Waals surface area (Å²) in [5.41, 5.74) is 1.55. The van der Waals surface area contributed by atoms with Gasteiger partial charge in [-0.2, -0.15) is 0 Å². The first-order valence-corrected chi connectivity index (χ1v) is 9.03. The molecule has 3 rings (SSSR count). The van der Waals surface area contributed by atoms with Gasteiger partial charge in [-0.15, -0.1) is 0 Å². The Morgan fingerprint density at radius 3 is 2.56 bits per heavy atom. The first-order chi connectivity index (χ1) is 12.8. The van der Waals surface area contributed by atoms with Gasteiger partial charge in [-0.3, -0.25) is 9.59 Å². The van der Waals surface area contributed by atoms with Crippen molar-refractivity contribution in [3.63, 3.8) is 0 Å². The molecule has 27 heavy (non-hydrogen) atoms. The van der Waals surface area contributed by atoms with Gasteiger partial charge in [-0.1, -0.05) is 23.2 Å². The van der Waals surface area contributed by atoms with Gasteiger partial charge in [-0.05, 0) is 36.4 Å². The van der Waals surface area contributed by atoms with Crippen LogP contribution in [0.4, 0.5) is 10.1 Å². The van der Waals surface area contributed by atoms with E-state index in [0.717, 1.165) is 0 Å². The summed E-state index contributed by atoms with van der Waals surface area (Å²) in [7, 11) is 0. The number of rotatable bonds is 3. The zero-order valence-electron chi connectivity index (χ0n) is 14.5. The van der Waals surface area contributed by atoms with E-state index in [1.54, 1.807) is 29.2 Å². The van der Waals surface area contributed by atoms with Gasteiger partial charge in [0.2, 0.25) is 5.91 Å². The summed E-state index contributed by atoms with van der Waals surface area (Å²) in [6.45, 7) is 2.38. The molecule has 1 saturated heterocycles. The SMILES string of the molecule is CC(=O)Nc1ccc(C(=O)N2CCOC(c3cc(F)c(Cl)cc3Cl)C2)cc1. The van der Waals surface area contributed by atoms with Crippen molar-refractivity contribution in [3.05, 3.63) is 63.4 Å². The summed E-state index contributed by atoms with van der Waals surface area (Å²) in [6.07, 6.45) is -0.541. The monoisotopic (exact) mass is 410 g/mol. The number of morpholine rings is 1. The number of carbonyl (C=O) groups is 2. The zero-order valence-corrected chi connectivity index (χ0v) is 16.0. The minimum Gasteiger partial charge on any atom is -0.370 e. The lowest BCUT2D eigenvalue weighted by Crippen LogP contribution is -2.42. The molecule has 2 aromatic carbocycles. The van der Waals surface area contributed by atoms with E-state index in [2.05, 4.69) is 5.32 Å². The van der Waals surface area contributed by atoms with Crippen LogP contribution >= 0.6 is 23.2 Å². The molecule has 5 nitrogen and oxygen atoms in total. The van der Waals surface area contributed by atoms with Crippen LogP contribution in [0, 0.1) is 5.82 Å². The van der Waals surface area contributed by atoms with Gasteiger partial charge in [0.25, 0.3) is 5.91 Å². The average Bonchev–Trinajstić information content (AvgIpc) is 2.64. The Morgan fingerprint density at radius 1 is 1.19 bits per heavy atom. The first-order valence-electron chi connectivity index (χ1n) is 8.28. The van der Waals surface area contributed by atoms with Crippen LogP contribution in [0.5, 0.6) is 0 Å². The largest absolute Gasteiger partial charge is 0.370 e. The van der Waals surface area contributed by atoms with Crippen molar-refractivity contribution >= 4 is 40.7 Å². The van der Waals surface area contributed by atoms with Crippen molar-refractivity contribution in [1.82, 2.24) is 4.90 Å². The van der Waals surface area contributed by atoms with E-state index in [9.17, 15) is 14.0 Å². The molecule has 0 saturated carbocycles. The number of amides is 2. The number of carbonyl (C=O) groups excluding carboxylic acids is 2. The van der Waals surface area contributed by atoms with Gasteiger partial charge in [0.05, 0.1) is 18.2 Å². The van der Waals surface area contributed by atoms with Crippen LogP contribution in [0.2, 0.25) is 10.0 Å². The van der Waals surface area contributed by atoms with E-state index in [4.69, 9.17) is 27.9 Å². The number of hydrogen-bond donors (Lipinski definition) is 1. The third-order valence-corrected chi connectivity index (χ3v) is 4.81. The Labute approximate surface area is 166 Å². The second-order valence-corrected chi connectivity index (χ2v) is 6.97. The first kappa shape index (κ1) is 19.6. The van der Waals surface area contributed by atoms with Gasteiger partial charge in [0.1, 0.15) is 11.9 Å². The van der Waals surface area contributed by atoms with Crippen molar-refractivity contribution < 1.29 is 18.7 Å². The van der Waals surface area contributed by atoms with Crippen LogP contribution in [-0.4, -0.2) is 36.4 Å². The fourth-order valence-electron chi connectivity index (χ4n) is 2.89. The highest BCUT2D eigenvalue weighted by Gasteiger charge is 2.28. The molecular weight excluding hydrogens is 394 g/mol. The number of benzene rings is 2. The Balaban J connectivity index is 1.75. The molecule has 0 aliphatic carbocycles. The van der Waals surface area contributed by atoms with Gasteiger partial charge >= 0.3 is 0 Å². The second kappa shape index (κ2) is 8.25. The maximum absolute atomic E-state index is 13.8. The molecule has 1 aliphatic heterocycles. The minimum atomic E-state index is -0.586. The molecule has 2 aromatic rings. The molecular formula is C19H17Cl2FN2O3. The fourth-order valence-corrected chi connectivity index (χ4v) is 3.39. The van der Waals surface area contributed by atoms with E-state index in [-0.39, 0.29) is 23.4 Å². The molecule has 1 atom stereocenters. The van der Waals surface area contributed by atoms with Gasteiger partial charge in [0, 0.05) is 35.3 Å². The summed E-state index contributed by atoms with van der Waals surface area (Å²) in [5.74, 6) is -0.947. The number of hydrogen-bond acceptors (Lipinski definition) is 3. The van der Waals surface area contributed by atoms with Crippen molar-refractivity contribution in [2.45, 2.75) is 13.0 Å². The molecule has 1 unspecified atom stereocenters. The molecule has 1 fully saturated rings. The third kappa shape index (κ3) is 4.58. The molecule has 8 heteroatoms. The molecule has 0 spiro atoms. The van der Waals surface area contributed by atoms with Gasteiger partial charge < -0.3 is 15.0 Å². The van der Waals surface area contributed by atoms with E-state index in [1.165, 1.54) is 19.1 Å². The lowest BCUT2D eigenvalue weighted by Gasteiger charge is -2.33. The summed E-state index contributed by atoms with van der Waals surface area (Å²) in [4.78, 5) is 25.5. The van der Waals surface area contributed by atoms with E-state index >= 15 is 0 Å². The van der Waals surface area contributed by atoms with Crippen LogP contribution in [0.3, 0.4) is 0 Å². The summed E-state index contributed by atoms with van der Waals surface area (Å²) in [5, 5.41) is 2.88. The second-order valence-electron chi connectivity index (χ2n) is 6.16. The Kier molecular flexibility index (Phi) is 5.99. The highest BCUT2D eigenvalue weighted by molar-refractivity contribution is 6.35. The van der Waals surface area contributed by atoms with Gasteiger partial charge in [-0.25, -0.2) is 4.39 Å². The van der Waals surface area contributed by atoms with Crippen molar-refractivity contribution in [3.8, 4) is 0 Å². The predicted octanol–water partition coefficient (Wildman–Crippen LogP) is 4.30. The molecule has 0 aromatic heterocycles. The lowest BCUT2D eigenvalue weighted by atomic mass is 10.1. The highest BCUT2D eigenvalue weighted by atomic mass is 35.5. The lowest BCUT2D eigenvalue weighted by molar-refractivity contribution is -0.114. The Bertz CT molecular complexity index is 874. The number of halogens is 3. The van der Waals surface area contributed by atoms with Crippen LogP contribution < -0.4 is 5.32 Å². The van der Waals surface area contributed by atoms with E-state index < -0.39 is 11.9 Å². The van der Waals surface area contributed by atoms with Crippen molar-refractivity contribution in [1.29, 1.82) is 0 Å². The fraction of sp³-hybridized carbons (Fsp3) is 0.263. The average molecular weight is 411 g/mol. The van der Waals surface area contributed by atoms with Crippen molar-refractivity contribution in [2.24, 2.45) is 0 Å². The summed E-state index contributed by atoms with van der Waals surface area (Å²) < 4.78 is 19.5. The Morgan fingerprint density at radius 2 is 1.89 bits per heavy atom. The maximum atomic E-state index is 13.8. The molecule has 0 bridgehead atoms. The topological polar surface area (TPSA) is 58.6 Å². The number of anilines is 1. The quantitative estimate of drug-likeness (QED) is 0.767. The predicted molar refractivity (Wildman–Crippen MR) is 102 cm³/mol. The maximum Gasteiger partial charge on any atom is 0.254 e. The molecule has 1 heterocycles. The molecule has 2 amide bonds. The zero-order chi connectivity index (χ0) is 19.6. The highest BCUT2D eigenvalue weighted by Crippen LogP contribution is 2.32. The Hall–Kier alpha value is -2.15. The molecule has 1 N–H and O–H groups in total. The molecule has 1 aliphatic rings. The van der Waals surface area contributed by atoms with E-state index in [1.807, 2.05) is 0 Å². The summed E-state index contributed by atoms with van der Waals surface area (Å²) in [6, 6.07) is 9.19. The molecule has 142 valence electrons. The number of ether oxygens (including phenoxy) is 1. The minimum absolute atomic E-state index is 0.0632. The van der Waals surface area contributed by atoms with Gasteiger partial charge in [0.15, 0.2) is 0 Å². The van der Waals surface area contributed by atoms with Crippen molar-refractivity contribution in [2.75, 3.05) is 25.0 Å².